The molecular formula is C17H26IN5O2. The number of halogens is 1. The van der Waals surface area contributed by atoms with Crippen LogP contribution in [0.4, 0.5) is 4.79 Å². The Hall–Kier alpha value is -2.02. The Labute approximate surface area is 166 Å². The van der Waals surface area contributed by atoms with Crippen molar-refractivity contribution in [3.05, 3.63) is 35.4 Å². The monoisotopic (exact) mass is 459 g/mol. The van der Waals surface area contributed by atoms with Gasteiger partial charge >= 0.3 is 6.09 Å². The van der Waals surface area contributed by atoms with E-state index in [4.69, 9.17) is 10.00 Å². The second kappa shape index (κ2) is 11.5. The zero-order valence-electron chi connectivity index (χ0n) is 15.0. The lowest BCUT2D eigenvalue weighted by Crippen LogP contribution is -2.42. The van der Waals surface area contributed by atoms with E-state index >= 15 is 0 Å². The molecular weight excluding hydrogens is 433 g/mol. The fourth-order valence-corrected chi connectivity index (χ4v) is 1.76. The first-order chi connectivity index (χ1) is 11.3. The third-order valence-electron chi connectivity index (χ3n) is 2.85. The molecule has 1 amide bonds. The summed E-state index contributed by atoms with van der Waals surface area (Å²) < 4.78 is 5.15. The maximum atomic E-state index is 11.5. The standard InChI is InChI=1S/C17H25N5O2.HI/c1-17(2,3)24-16(23)21-10-9-20-15(19-4)22-12-14-7-5-13(11-18)6-8-14;/h5-8H,9-10,12H2,1-4H3,(H,21,23)(H2,19,20,22);1H. The molecule has 0 radical (unpaired) electrons. The van der Waals surface area contributed by atoms with Crippen molar-refractivity contribution in [3.8, 4) is 6.07 Å². The number of alkyl carbamates (subject to hydrolysis) is 1. The van der Waals surface area contributed by atoms with Crippen LogP contribution in [0.1, 0.15) is 31.9 Å². The Balaban J connectivity index is 0.00000576. The maximum Gasteiger partial charge on any atom is 0.407 e. The molecule has 0 atom stereocenters. The van der Waals surface area contributed by atoms with Crippen molar-refractivity contribution in [2.75, 3.05) is 20.1 Å². The van der Waals surface area contributed by atoms with Gasteiger partial charge in [-0.2, -0.15) is 5.26 Å². The molecule has 0 saturated heterocycles. The molecule has 25 heavy (non-hydrogen) atoms. The quantitative estimate of drug-likeness (QED) is 0.272. The molecule has 0 bridgehead atoms. The minimum atomic E-state index is -0.504. The highest BCUT2D eigenvalue weighted by Gasteiger charge is 2.15. The highest BCUT2D eigenvalue weighted by Crippen LogP contribution is 2.06. The third-order valence-corrected chi connectivity index (χ3v) is 2.85. The SMILES string of the molecule is CN=C(NCCNC(=O)OC(C)(C)C)NCc1ccc(C#N)cc1.I. The molecule has 1 rings (SSSR count). The van der Waals surface area contributed by atoms with Gasteiger partial charge in [0.1, 0.15) is 5.60 Å². The molecule has 0 fully saturated rings. The molecule has 0 heterocycles. The van der Waals surface area contributed by atoms with E-state index in [1.807, 2.05) is 32.9 Å². The Morgan fingerprint density at radius 1 is 1.16 bits per heavy atom. The molecule has 7 nitrogen and oxygen atoms in total. The number of nitrogens with one attached hydrogen (secondary N) is 3. The largest absolute Gasteiger partial charge is 0.444 e. The Bertz CT molecular complexity index is 603. The lowest BCUT2D eigenvalue weighted by atomic mass is 10.1. The van der Waals surface area contributed by atoms with E-state index in [1.54, 1.807) is 19.2 Å². The number of hydrogen-bond acceptors (Lipinski definition) is 4. The predicted molar refractivity (Wildman–Crippen MR) is 109 cm³/mol. The van der Waals surface area contributed by atoms with E-state index in [9.17, 15) is 4.79 Å². The minimum absolute atomic E-state index is 0. The molecule has 1 aromatic carbocycles. The van der Waals surface area contributed by atoms with Gasteiger partial charge in [0.05, 0.1) is 11.6 Å². The van der Waals surface area contributed by atoms with E-state index in [1.165, 1.54) is 0 Å². The second-order valence-electron chi connectivity index (χ2n) is 6.09. The summed E-state index contributed by atoms with van der Waals surface area (Å²) in [6.45, 7) is 6.99. The Morgan fingerprint density at radius 2 is 1.76 bits per heavy atom. The number of nitrogens with zero attached hydrogens (tertiary/aromatic N) is 2. The van der Waals surface area contributed by atoms with Crippen LogP contribution < -0.4 is 16.0 Å². The predicted octanol–water partition coefficient (Wildman–Crippen LogP) is 2.37. The molecule has 8 heteroatoms. The van der Waals surface area contributed by atoms with Gasteiger partial charge in [-0.3, -0.25) is 4.99 Å². The van der Waals surface area contributed by atoms with Crippen LogP contribution in [0.5, 0.6) is 0 Å². The smallest absolute Gasteiger partial charge is 0.407 e. The molecule has 0 aromatic heterocycles. The molecule has 3 N–H and O–H groups in total. The summed E-state index contributed by atoms with van der Waals surface area (Å²) in [5.74, 6) is 0.630. The number of nitriles is 1. The topological polar surface area (TPSA) is 98.5 Å². The van der Waals surface area contributed by atoms with Gasteiger partial charge in [-0.25, -0.2) is 4.79 Å². The Morgan fingerprint density at radius 3 is 2.28 bits per heavy atom. The third kappa shape index (κ3) is 10.4. The number of carbonyl (C=O) groups excluding carboxylic acids is 1. The zero-order valence-corrected chi connectivity index (χ0v) is 17.4. The van der Waals surface area contributed by atoms with E-state index in [2.05, 4.69) is 27.0 Å². The number of hydrogen-bond donors (Lipinski definition) is 3. The van der Waals surface area contributed by atoms with E-state index in [0.29, 0.717) is 31.2 Å². The van der Waals surface area contributed by atoms with Gasteiger partial charge < -0.3 is 20.7 Å². The van der Waals surface area contributed by atoms with E-state index < -0.39 is 11.7 Å². The second-order valence-corrected chi connectivity index (χ2v) is 6.09. The van der Waals surface area contributed by atoms with Crippen LogP contribution in [0, 0.1) is 11.3 Å². The Kier molecular flexibility index (Phi) is 10.6. The van der Waals surface area contributed by atoms with Gasteiger partial charge in [0, 0.05) is 26.7 Å². The van der Waals surface area contributed by atoms with Gasteiger partial charge in [-0.05, 0) is 38.5 Å². The number of carbonyl (C=O) groups is 1. The molecule has 0 unspecified atom stereocenters. The number of benzene rings is 1. The maximum absolute atomic E-state index is 11.5. The first kappa shape index (κ1) is 23.0. The van der Waals surface area contributed by atoms with Crippen LogP contribution >= 0.6 is 24.0 Å². The number of aliphatic imine (C=N–C) groups is 1. The van der Waals surface area contributed by atoms with Gasteiger partial charge in [-0.1, -0.05) is 12.1 Å². The van der Waals surface area contributed by atoms with Crippen molar-refractivity contribution >= 4 is 36.0 Å². The van der Waals surface area contributed by atoms with Crippen molar-refractivity contribution in [2.45, 2.75) is 32.9 Å². The van der Waals surface area contributed by atoms with Gasteiger partial charge in [0.25, 0.3) is 0 Å². The molecule has 0 spiro atoms. The fourth-order valence-electron chi connectivity index (χ4n) is 1.76. The summed E-state index contributed by atoms with van der Waals surface area (Å²) >= 11 is 0. The van der Waals surface area contributed by atoms with Crippen LogP contribution in [0.3, 0.4) is 0 Å². The summed E-state index contributed by atoms with van der Waals surface area (Å²) in [5.41, 5.74) is 1.18. The van der Waals surface area contributed by atoms with E-state index in [0.717, 1.165) is 5.56 Å². The summed E-state index contributed by atoms with van der Waals surface area (Å²) in [6.07, 6.45) is -0.440. The van der Waals surface area contributed by atoms with Crippen molar-refractivity contribution in [3.63, 3.8) is 0 Å². The summed E-state index contributed by atoms with van der Waals surface area (Å²) in [6, 6.07) is 9.42. The number of ether oxygens (including phenoxy) is 1. The summed E-state index contributed by atoms with van der Waals surface area (Å²) in [5, 5.41) is 17.7. The molecule has 138 valence electrons. The van der Waals surface area contributed by atoms with Gasteiger partial charge in [0.2, 0.25) is 0 Å². The lowest BCUT2D eigenvalue weighted by Gasteiger charge is -2.19. The molecule has 0 aliphatic heterocycles. The highest BCUT2D eigenvalue weighted by atomic mass is 127. The zero-order chi connectivity index (χ0) is 18.0. The van der Waals surface area contributed by atoms with Crippen LogP contribution in [0.2, 0.25) is 0 Å². The minimum Gasteiger partial charge on any atom is -0.444 e. The molecule has 0 aliphatic rings. The number of guanidine groups is 1. The number of amides is 1. The molecule has 0 aliphatic carbocycles. The first-order valence-corrected chi connectivity index (χ1v) is 7.74. The summed E-state index contributed by atoms with van der Waals surface area (Å²) in [4.78, 5) is 15.6. The normalized spacial score (nSPS) is 10.9. The van der Waals surface area contributed by atoms with Crippen molar-refractivity contribution < 1.29 is 9.53 Å². The summed E-state index contributed by atoms with van der Waals surface area (Å²) in [7, 11) is 1.68. The number of rotatable bonds is 5. The van der Waals surface area contributed by atoms with E-state index in [-0.39, 0.29) is 24.0 Å². The van der Waals surface area contributed by atoms with Crippen LogP contribution in [0.25, 0.3) is 0 Å². The molecule has 0 saturated carbocycles. The van der Waals surface area contributed by atoms with Crippen molar-refractivity contribution in [2.24, 2.45) is 4.99 Å². The van der Waals surface area contributed by atoms with Crippen LogP contribution in [-0.2, 0) is 11.3 Å². The molecule has 1 aromatic rings. The lowest BCUT2D eigenvalue weighted by molar-refractivity contribution is 0.0529. The van der Waals surface area contributed by atoms with Crippen molar-refractivity contribution in [1.29, 1.82) is 5.26 Å². The first-order valence-electron chi connectivity index (χ1n) is 7.74. The van der Waals surface area contributed by atoms with Crippen LogP contribution in [0.15, 0.2) is 29.3 Å². The average molecular weight is 459 g/mol. The fraction of sp³-hybridized carbons (Fsp3) is 0.471. The van der Waals surface area contributed by atoms with Gasteiger partial charge in [0.15, 0.2) is 5.96 Å². The van der Waals surface area contributed by atoms with Crippen molar-refractivity contribution in [1.82, 2.24) is 16.0 Å². The average Bonchev–Trinajstić information content (AvgIpc) is 2.53. The highest BCUT2D eigenvalue weighted by molar-refractivity contribution is 14.0. The van der Waals surface area contributed by atoms with Gasteiger partial charge in [-0.15, -0.1) is 24.0 Å². The van der Waals surface area contributed by atoms with Crippen LogP contribution in [-0.4, -0.2) is 37.8 Å².